The van der Waals surface area contributed by atoms with E-state index in [-0.39, 0.29) is 5.38 Å². The van der Waals surface area contributed by atoms with Crippen LogP contribution >= 0.6 is 11.6 Å². The van der Waals surface area contributed by atoms with Crippen molar-refractivity contribution in [2.75, 3.05) is 0 Å². The van der Waals surface area contributed by atoms with Crippen molar-refractivity contribution in [3.05, 3.63) is 11.5 Å². The van der Waals surface area contributed by atoms with Crippen LogP contribution in [0.1, 0.15) is 69.4 Å². The van der Waals surface area contributed by atoms with Crippen LogP contribution in [0.3, 0.4) is 0 Å². The van der Waals surface area contributed by atoms with Gasteiger partial charge >= 0.3 is 0 Å². The van der Waals surface area contributed by atoms with Crippen molar-refractivity contribution in [3.8, 4) is 0 Å². The third-order valence-corrected chi connectivity index (χ3v) is 4.83. The van der Waals surface area contributed by atoms with Gasteiger partial charge in [-0.15, -0.1) is 11.6 Å². The maximum absolute atomic E-state index is 6.42. The van der Waals surface area contributed by atoms with Crippen molar-refractivity contribution >= 4 is 22.8 Å². The van der Waals surface area contributed by atoms with E-state index in [0.29, 0.717) is 6.04 Å². The van der Waals surface area contributed by atoms with Crippen molar-refractivity contribution in [2.24, 2.45) is 13.0 Å². The summed E-state index contributed by atoms with van der Waals surface area (Å²) < 4.78 is 4.38. The fourth-order valence-corrected chi connectivity index (χ4v) is 3.83. The molecule has 0 aromatic carbocycles. The highest BCUT2D eigenvalue weighted by Crippen LogP contribution is 2.39. The minimum Gasteiger partial charge on any atom is -0.309 e. The van der Waals surface area contributed by atoms with Crippen LogP contribution in [0.4, 0.5) is 0 Å². The Balaban J connectivity index is 2.17. The average molecular weight is 309 g/mol. The average Bonchev–Trinajstić information content (AvgIpc) is 3.07. The van der Waals surface area contributed by atoms with Crippen molar-refractivity contribution in [1.82, 2.24) is 19.3 Å². The normalized spacial score (nSPS) is 24.0. The van der Waals surface area contributed by atoms with Crippen molar-refractivity contribution in [3.63, 3.8) is 0 Å². The Morgan fingerprint density at radius 3 is 2.71 bits per heavy atom. The molecule has 0 saturated heterocycles. The van der Waals surface area contributed by atoms with Crippen LogP contribution in [0.2, 0.25) is 0 Å². The zero-order valence-corrected chi connectivity index (χ0v) is 14.2. The molecule has 4 nitrogen and oxygen atoms in total. The van der Waals surface area contributed by atoms with Crippen LogP contribution in [0.25, 0.3) is 11.2 Å². The van der Waals surface area contributed by atoms with Crippen molar-refractivity contribution < 1.29 is 0 Å². The van der Waals surface area contributed by atoms with Crippen LogP contribution < -0.4 is 0 Å². The number of nitrogens with zero attached hydrogens (tertiary/aromatic N) is 4. The van der Waals surface area contributed by atoms with Crippen molar-refractivity contribution in [2.45, 2.75) is 64.3 Å². The molecule has 0 bridgehead atoms. The summed E-state index contributed by atoms with van der Waals surface area (Å²) in [5.74, 6) is 1.80. The van der Waals surface area contributed by atoms with Gasteiger partial charge in [0.1, 0.15) is 11.3 Å². The van der Waals surface area contributed by atoms with Crippen molar-refractivity contribution in [1.29, 1.82) is 0 Å². The Labute approximate surface area is 131 Å². The molecule has 5 heteroatoms. The first-order chi connectivity index (χ1) is 10.0. The zero-order valence-electron chi connectivity index (χ0n) is 13.4. The summed E-state index contributed by atoms with van der Waals surface area (Å²) in [6.07, 6.45) is 5.80. The van der Waals surface area contributed by atoms with Crippen LogP contribution in [-0.2, 0) is 13.5 Å². The molecule has 3 rings (SSSR count). The van der Waals surface area contributed by atoms with Gasteiger partial charge in [-0.2, -0.15) is 5.10 Å². The molecule has 116 valence electrons. The van der Waals surface area contributed by atoms with Gasteiger partial charge in [0.15, 0.2) is 5.65 Å². The van der Waals surface area contributed by atoms with Gasteiger partial charge in [-0.05, 0) is 38.5 Å². The van der Waals surface area contributed by atoms with Gasteiger partial charge in [0, 0.05) is 13.1 Å². The molecule has 2 aromatic heterocycles. The topological polar surface area (TPSA) is 35.6 Å². The number of halogens is 1. The molecule has 0 amide bonds. The summed E-state index contributed by atoms with van der Waals surface area (Å²) >= 11 is 6.42. The number of rotatable bonds is 4. The molecule has 21 heavy (non-hydrogen) atoms. The predicted molar refractivity (Wildman–Crippen MR) is 86.8 cm³/mol. The van der Waals surface area contributed by atoms with E-state index in [1.54, 1.807) is 0 Å². The maximum atomic E-state index is 6.42. The fraction of sp³-hybridized carbons (Fsp3) is 0.750. The fourth-order valence-electron chi connectivity index (χ4n) is 3.68. The van der Waals surface area contributed by atoms with Gasteiger partial charge in [0.2, 0.25) is 0 Å². The smallest absolute Gasteiger partial charge is 0.158 e. The summed E-state index contributed by atoms with van der Waals surface area (Å²) in [5, 5.41) is 4.61. The van der Waals surface area contributed by atoms with E-state index in [0.717, 1.165) is 41.4 Å². The second kappa shape index (κ2) is 5.64. The molecule has 2 aromatic rings. The third-order valence-electron chi connectivity index (χ3n) is 4.64. The van der Waals surface area contributed by atoms with E-state index in [9.17, 15) is 0 Å². The molecular formula is C16H25ClN4. The standard InChI is InChI=1S/C16H25ClN4/c1-5-6-13-14-16(20(4)19-13)21(15(18-14)11(3)17)12-8-7-10(2)9-12/h10-12H,5-9H2,1-4H3. The SMILES string of the molecule is CCCc1nn(C)c2c1nc(C(C)Cl)n2C1CCC(C)C1. The Bertz CT molecular complexity index is 640. The minimum atomic E-state index is -0.0669. The first kappa shape index (κ1) is 14.9. The number of alkyl halides is 1. The number of aryl methyl sites for hydroxylation is 2. The van der Waals surface area contributed by atoms with E-state index in [1.807, 2.05) is 18.7 Å². The van der Waals surface area contributed by atoms with E-state index in [2.05, 4.69) is 23.5 Å². The first-order valence-corrected chi connectivity index (χ1v) is 8.54. The lowest BCUT2D eigenvalue weighted by Crippen LogP contribution is -2.13. The van der Waals surface area contributed by atoms with E-state index in [4.69, 9.17) is 16.6 Å². The highest BCUT2D eigenvalue weighted by molar-refractivity contribution is 6.20. The molecule has 1 aliphatic rings. The van der Waals surface area contributed by atoms with Gasteiger partial charge in [-0.25, -0.2) is 4.98 Å². The monoisotopic (exact) mass is 308 g/mol. The number of hydrogen-bond acceptors (Lipinski definition) is 2. The lowest BCUT2D eigenvalue weighted by molar-refractivity contribution is 0.479. The molecule has 3 unspecified atom stereocenters. The van der Waals surface area contributed by atoms with Gasteiger partial charge in [-0.3, -0.25) is 4.68 Å². The Morgan fingerprint density at radius 2 is 2.14 bits per heavy atom. The minimum absolute atomic E-state index is 0.0669. The molecule has 1 fully saturated rings. The summed E-state index contributed by atoms with van der Waals surface area (Å²) in [6.45, 7) is 6.54. The summed E-state index contributed by atoms with van der Waals surface area (Å²) in [4.78, 5) is 4.87. The molecule has 0 spiro atoms. The van der Waals surface area contributed by atoms with E-state index in [1.165, 1.54) is 19.3 Å². The third kappa shape index (κ3) is 2.48. The Kier molecular flexibility index (Phi) is 4.00. The summed E-state index contributed by atoms with van der Waals surface area (Å²) in [5.41, 5.74) is 3.32. The van der Waals surface area contributed by atoms with Gasteiger partial charge in [0.05, 0.1) is 11.1 Å². The predicted octanol–water partition coefficient (Wildman–Crippen LogP) is 4.38. The van der Waals surface area contributed by atoms with Gasteiger partial charge < -0.3 is 4.57 Å². The second-order valence-electron chi connectivity index (χ2n) is 6.52. The lowest BCUT2D eigenvalue weighted by atomic mass is 10.1. The largest absolute Gasteiger partial charge is 0.309 e. The number of fused-ring (bicyclic) bond motifs is 1. The molecule has 0 aliphatic heterocycles. The Hall–Kier alpha value is -1.03. The van der Waals surface area contributed by atoms with E-state index < -0.39 is 0 Å². The zero-order chi connectivity index (χ0) is 15.1. The van der Waals surface area contributed by atoms with Gasteiger partial charge in [0.25, 0.3) is 0 Å². The lowest BCUT2D eigenvalue weighted by Gasteiger charge is -2.18. The van der Waals surface area contributed by atoms with Crippen LogP contribution in [-0.4, -0.2) is 19.3 Å². The summed E-state index contributed by atoms with van der Waals surface area (Å²) in [6, 6.07) is 0.520. The molecule has 3 atom stereocenters. The first-order valence-electron chi connectivity index (χ1n) is 8.10. The molecule has 1 saturated carbocycles. The number of imidazole rings is 1. The number of hydrogen-bond donors (Lipinski definition) is 0. The molecule has 1 aliphatic carbocycles. The van der Waals surface area contributed by atoms with Crippen LogP contribution in [0.5, 0.6) is 0 Å². The number of aromatic nitrogens is 4. The summed E-state index contributed by atoms with van der Waals surface area (Å²) in [7, 11) is 2.03. The van der Waals surface area contributed by atoms with Crippen LogP contribution in [0.15, 0.2) is 0 Å². The van der Waals surface area contributed by atoms with Crippen LogP contribution in [0, 0.1) is 5.92 Å². The highest BCUT2D eigenvalue weighted by Gasteiger charge is 2.30. The van der Waals surface area contributed by atoms with E-state index >= 15 is 0 Å². The highest BCUT2D eigenvalue weighted by atomic mass is 35.5. The molecule has 2 heterocycles. The second-order valence-corrected chi connectivity index (χ2v) is 7.18. The quantitative estimate of drug-likeness (QED) is 0.786. The Morgan fingerprint density at radius 1 is 1.38 bits per heavy atom. The molecule has 0 N–H and O–H groups in total. The molecule has 0 radical (unpaired) electrons. The van der Waals surface area contributed by atoms with Gasteiger partial charge in [-0.1, -0.05) is 20.3 Å². The maximum Gasteiger partial charge on any atom is 0.158 e. The molecular weight excluding hydrogens is 284 g/mol.